The highest BCUT2D eigenvalue weighted by Gasteiger charge is 2.33. The fourth-order valence-corrected chi connectivity index (χ4v) is 5.26. The van der Waals surface area contributed by atoms with Gasteiger partial charge in [-0.05, 0) is 24.6 Å². The molecule has 1 heterocycles. The van der Waals surface area contributed by atoms with Crippen LogP contribution in [0, 0.1) is 5.82 Å². The van der Waals surface area contributed by atoms with Crippen molar-refractivity contribution in [3.8, 4) is 11.5 Å². The van der Waals surface area contributed by atoms with E-state index in [2.05, 4.69) is 0 Å². The standard InChI is InChI=1S/C21H26FNO5S/c1-27-20-8-4-5-9-21(20)28-14-18(24)13-23(17-10-11-29(25,26)15-17)12-16-6-2-3-7-19(16)22/h2-9,17-18,24H,10-15H2,1H3. The molecule has 2 atom stereocenters. The molecule has 0 bridgehead atoms. The van der Waals surface area contributed by atoms with Gasteiger partial charge in [-0.25, -0.2) is 12.8 Å². The zero-order chi connectivity index (χ0) is 20.9. The van der Waals surface area contributed by atoms with E-state index in [9.17, 15) is 17.9 Å². The van der Waals surface area contributed by atoms with Crippen molar-refractivity contribution in [3.63, 3.8) is 0 Å². The Labute approximate surface area is 170 Å². The number of ether oxygens (including phenoxy) is 2. The van der Waals surface area contributed by atoms with Crippen molar-refractivity contribution in [2.45, 2.75) is 25.1 Å². The second kappa shape index (κ2) is 9.56. The number of benzene rings is 2. The lowest BCUT2D eigenvalue weighted by molar-refractivity contribution is 0.0513. The second-order valence-corrected chi connectivity index (χ2v) is 9.42. The maximum Gasteiger partial charge on any atom is 0.161 e. The van der Waals surface area contributed by atoms with Crippen molar-refractivity contribution in [2.75, 3.05) is 31.8 Å². The highest BCUT2D eigenvalue weighted by Crippen LogP contribution is 2.26. The van der Waals surface area contributed by atoms with Crippen LogP contribution in [0.25, 0.3) is 0 Å². The van der Waals surface area contributed by atoms with Gasteiger partial charge in [-0.3, -0.25) is 4.90 Å². The summed E-state index contributed by atoms with van der Waals surface area (Å²) in [6.07, 6.45) is -0.411. The summed E-state index contributed by atoms with van der Waals surface area (Å²) in [5.74, 6) is 0.849. The molecule has 0 amide bonds. The largest absolute Gasteiger partial charge is 0.493 e. The summed E-state index contributed by atoms with van der Waals surface area (Å²) >= 11 is 0. The van der Waals surface area contributed by atoms with Gasteiger partial charge in [0.05, 0.1) is 18.6 Å². The molecule has 29 heavy (non-hydrogen) atoms. The topological polar surface area (TPSA) is 76.1 Å². The van der Waals surface area contributed by atoms with Crippen molar-refractivity contribution in [1.82, 2.24) is 4.90 Å². The number of hydrogen-bond donors (Lipinski definition) is 1. The summed E-state index contributed by atoms with van der Waals surface area (Å²) in [7, 11) is -1.57. The number of para-hydroxylation sites is 2. The SMILES string of the molecule is COc1ccccc1OCC(O)CN(Cc1ccccc1F)C1CCS(=O)(=O)C1. The van der Waals surface area contributed by atoms with Gasteiger partial charge in [0, 0.05) is 24.7 Å². The van der Waals surface area contributed by atoms with E-state index in [0.29, 0.717) is 23.5 Å². The average Bonchev–Trinajstić information content (AvgIpc) is 3.07. The molecule has 1 aliphatic heterocycles. The third-order valence-electron chi connectivity index (χ3n) is 5.00. The van der Waals surface area contributed by atoms with E-state index in [1.54, 1.807) is 36.4 Å². The summed E-state index contributed by atoms with van der Waals surface area (Å²) in [6.45, 7) is 0.399. The van der Waals surface area contributed by atoms with Crippen molar-refractivity contribution < 1.29 is 27.4 Å². The van der Waals surface area contributed by atoms with Gasteiger partial charge < -0.3 is 14.6 Å². The number of halogens is 1. The van der Waals surface area contributed by atoms with Crippen LogP contribution in [-0.4, -0.2) is 62.3 Å². The highest BCUT2D eigenvalue weighted by molar-refractivity contribution is 7.91. The number of aliphatic hydroxyl groups excluding tert-OH is 1. The van der Waals surface area contributed by atoms with Crippen molar-refractivity contribution in [1.29, 1.82) is 0 Å². The Balaban J connectivity index is 1.68. The monoisotopic (exact) mass is 423 g/mol. The van der Waals surface area contributed by atoms with Crippen LogP contribution in [0.1, 0.15) is 12.0 Å². The fraction of sp³-hybridized carbons (Fsp3) is 0.429. The van der Waals surface area contributed by atoms with Crippen LogP contribution in [0.2, 0.25) is 0 Å². The summed E-state index contributed by atoms with van der Waals surface area (Å²) in [5.41, 5.74) is 0.467. The normalized spacial score (nSPS) is 19.2. The smallest absolute Gasteiger partial charge is 0.161 e. The van der Waals surface area contributed by atoms with Crippen LogP contribution in [0.5, 0.6) is 11.5 Å². The number of hydrogen-bond acceptors (Lipinski definition) is 6. The first-order valence-corrected chi connectivity index (χ1v) is 11.3. The summed E-state index contributed by atoms with van der Waals surface area (Å²) in [6, 6.07) is 13.3. The summed E-state index contributed by atoms with van der Waals surface area (Å²) in [5, 5.41) is 10.5. The van der Waals surface area contributed by atoms with Crippen LogP contribution < -0.4 is 9.47 Å². The lowest BCUT2D eigenvalue weighted by Gasteiger charge is -2.30. The molecule has 0 saturated carbocycles. The van der Waals surface area contributed by atoms with Gasteiger partial charge >= 0.3 is 0 Å². The number of sulfone groups is 1. The zero-order valence-electron chi connectivity index (χ0n) is 16.3. The number of aliphatic hydroxyl groups is 1. The fourth-order valence-electron chi connectivity index (χ4n) is 3.50. The minimum Gasteiger partial charge on any atom is -0.493 e. The molecule has 0 aliphatic carbocycles. The summed E-state index contributed by atoms with van der Waals surface area (Å²) < 4.78 is 48.9. The second-order valence-electron chi connectivity index (χ2n) is 7.19. The predicted molar refractivity (Wildman–Crippen MR) is 108 cm³/mol. The first kappa shape index (κ1) is 21.5. The number of rotatable bonds is 9. The number of methoxy groups -OCH3 is 1. The first-order valence-electron chi connectivity index (χ1n) is 9.49. The Morgan fingerprint density at radius 1 is 1.17 bits per heavy atom. The van der Waals surface area contributed by atoms with Crippen LogP contribution in [0.3, 0.4) is 0 Å². The molecule has 2 unspecified atom stereocenters. The number of nitrogens with zero attached hydrogens (tertiary/aromatic N) is 1. The van der Waals surface area contributed by atoms with Gasteiger partial charge in [-0.15, -0.1) is 0 Å². The van der Waals surface area contributed by atoms with E-state index in [-0.39, 0.29) is 43.1 Å². The molecule has 6 nitrogen and oxygen atoms in total. The molecule has 8 heteroatoms. The Bertz CT molecular complexity index is 921. The molecule has 1 aliphatic rings. The molecule has 158 valence electrons. The Morgan fingerprint density at radius 3 is 2.52 bits per heavy atom. The van der Waals surface area contributed by atoms with Crippen molar-refractivity contribution in [3.05, 3.63) is 59.9 Å². The van der Waals surface area contributed by atoms with Gasteiger partial charge in [-0.2, -0.15) is 0 Å². The van der Waals surface area contributed by atoms with E-state index in [1.165, 1.54) is 13.2 Å². The highest BCUT2D eigenvalue weighted by atomic mass is 32.2. The van der Waals surface area contributed by atoms with E-state index >= 15 is 0 Å². The van der Waals surface area contributed by atoms with Crippen molar-refractivity contribution >= 4 is 9.84 Å². The quantitative estimate of drug-likeness (QED) is 0.667. The minimum absolute atomic E-state index is 0.00755. The lowest BCUT2D eigenvalue weighted by atomic mass is 10.1. The van der Waals surface area contributed by atoms with E-state index in [1.807, 2.05) is 11.0 Å². The molecule has 1 fully saturated rings. The maximum atomic E-state index is 14.1. The van der Waals surface area contributed by atoms with E-state index in [4.69, 9.17) is 9.47 Å². The van der Waals surface area contributed by atoms with Gasteiger partial charge in [-0.1, -0.05) is 30.3 Å². The molecular formula is C21H26FNO5S. The van der Waals surface area contributed by atoms with Crippen LogP contribution in [0.15, 0.2) is 48.5 Å². The Hall–Kier alpha value is -2.16. The lowest BCUT2D eigenvalue weighted by Crippen LogP contribution is -2.42. The molecule has 0 radical (unpaired) electrons. The molecule has 2 aromatic rings. The molecular weight excluding hydrogens is 397 g/mol. The molecule has 2 aromatic carbocycles. The van der Waals surface area contributed by atoms with Gasteiger partial charge in [0.1, 0.15) is 18.5 Å². The molecule has 0 aromatic heterocycles. The van der Waals surface area contributed by atoms with E-state index < -0.39 is 15.9 Å². The van der Waals surface area contributed by atoms with Gasteiger partial charge in [0.15, 0.2) is 21.3 Å². The van der Waals surface area contributed by atoms with Crippen LogP contribution >= 0.6 is 0 Å². The third-order valence-corrected chi connectivity index (χ3v) is 6.75. The average molecular weight is 424 g/mol. The molecule has 1 saturated heterocycles. The van der Waals surface area contributed by atoms with Gasteiger partial charge in [0.2, 0.25) is 0 Å². The third kappa shape index (κ3) is 5.91. The van der Waals surface area contributed by atoms with Crippen LogP contribution in [-0.2, 0) is 16.4 Å². The first-order chi connectivity index (χ1) is 13.9. The minimum atomic E-state index is -3.11. The van der Waals surface area contributed by atoms with Gasteiger partial charge in [0.25, 0.3) is 0 Å². The molecule has 1 N–H and O–H groups in total. The zero-order valence-corrected chi connectivity index (χ0v) is 17.1. The van der Waals surface area contributed by atoms with E-state index in [0.717, 1.165) is 0 Å². The Kier molecular flexibility index (Phi) is 7.10. The summed E-state index contributed by atoms with van der Waals surface area (Å²) in [4.78, 5) is 1.83. The van der Waals surface area contributed by atoms with Crippen LogP contribution in [0.4, 0.5) is 4.39 Å². The maximum absolute atomic E-state index is 14.1. The predicted octanol–water partition coefficient (Wildman–Crippen LogP) is 2.26. The Morgan fingerprint density at radius 2 is 1.86 bits per heavy atom. The molecule has 0 spiro atoms. The molecule has 3 rings (SSSR count). The van der Waals surface area contributed by atoms with Crippen molar-refractivity contribution in [2.24, 2.45) is 0 Å².